The van der Waals surface area contributed by atoms with Crippen LogP contribution in [-0.2, 0) is 9.59 Å². The summed E-state index contributed by atoms with van der Waals surface area (Å²) >= 11 is 1.56. The molecule has 2 aromatic heterocycles. The fourth-order valence-corrected chi connectivity index (χ4v) is 4.61. The zero-order valence-electron chi connectivity index (χ0n) is 15.9. The number of para-hydroxylation sites is 2. The summed E-state index contributed by atoms with van der Waals surface area (Å²) in [7, 11) is 0. The summed E-state index contributed by atoms with van der Waals surface area (Å²) in [4.78, 5) is 35.4. The largest absolute Gasteiger partial charge is 0.348 e. The number of imidazole rings is 1. The summed E-state index contributed by atoms with van der Waals surface area (Å²) in [5, 5.41) is 4.88. The second-order valence-corrected chi connectivity index (χ2v) is 8.25. The van der Waals surface area contributed by atoms with Crippen LogP contribution in [0.1, 0.15) is 48.8 Å². The lowest BCUT2D eigenvalue weighted by Crippen LogP contribution is -2.40. The first-order chi connectivity index (χ1) is 13.6. The third-order valence-electron chi connectivity index (χ3n) is 5.28. The maximum absolute atomic E-state index is 12.8. The first-order valence-corrected chi connectivity index (χ1v) is 10.5. The minimum Gasteiger partial charge on any atom is -0.348 e. The molecule has 0 spiro atoms. The standard InChI is InChI=1S/C21H24N4O2S/c1-14(26)22-18(19-7-4-12-28-19)13-20(27)25-10-8-15(9-11-25)21-23-16-5-2-3-6-17(16)24-21/h2-7,12,15,18H,8-11,13H2,1H3,(H,22,26)(H,23,24)/t18-/m1/s1. The van der Waals surface area contributed by atoms with Crippen LogP contribution in [0.15, 0.2) is 41.8 Å². The van der Waals surface area contributed by atoms with Gasteiger partial charge in [0, 0.05) is 30.8 Å². The molecule has 1 aromatic carbocycles. The Morgan fingerprint density at radius 2 is 2.04 bits per heavy atom. The molecule has 0 radical (unpaired) electrons. The minimum atomic E-state index is -0.252. The molecule has 0 aliphatic carbocycles. The van der Waals surface area contributed by atoms with Crippen LogP contribution >= 0.6 is 11.3 Å². The van der Waals surface area contributed by atoms with Crippen molar-refractivity contribution < 1.29 is 9.59 Å². The number of carbonyl (C=O) groups excluding carboxylic acids is 2. The first kappa shape index (κ1) is 18.7. The molecule has 1 aliphatic rings. The Morgan fingerprint density at radius 3 is 2.71 bits per heavy atom. The van der Waals surface area contributed by atoms with Gasteiger partial charge in [-0.2, -0.15) is 0 Å². The zero-order valence-corrected chi connectivity index (χ0v) is 16.7. The third-order valence-corrected chi connectivity index (χ3v) is 6.27. The number of thiophene rings is 1. The van der Waals surface area contributed by atoms with Gasteiger partial charge in [-0.05, 0) is 36.4 Å². The highest BCUT2D eigenvalue weighted by molar-refractivity contribution is 7.10. The van der Waals surface area contributed by atoms with Crippen LogP contribution in [0.3, 0.4) is 0 Å². The van der Waals surface area contributed by atoms with Gasteiger partial charge in [-0.15, -0.1) is 11.3 Å². The van der Waals surface area contributed by atoms with Crippen molar-refractivity contribution in [3.8, 4) is 0 Å². The molecular formula is C21H24N4O2S. The van der Waals surface area contributed by atoms with Crippen molar-refractivity contribution >= 4 is 34.2 Å². The van der Waals surface area contributed by atoms with Crippen LogP contribution in [0, 0.1) is 0 Å². The number of hydrogen-bond donors (Lipinski definition) is 2. The third kappa shape index (κ3) is 4.09. The van der Waals surface area contributed by atoms with Gasteiger partial charge in [0.2, 0.25) is 11.8 Å². The van der Waals surface area contributed by atoms with Gasteiger partial charge in [0.25, 0.3) is 0 Å². The monoisotopic (exact) mass is 396 g/mol. The first-order valence-electron chi connectivity index (χ1n) is 9.63. The second kappa shape index (κ2) is 8.14. The van der Waals surface area contributed by atoms with Gasteiger partial charge in [0.15, 0.2) is 0 Å². The predicted molar refractivity (Wildman–Crippen MR) is 110 cm³/mol. The maximum Gasteiger partial charge on any atom is 0.225 e. The molecule has 3 aromatic rings. The average Bonchev–Trinajstić information content (AvgIpc) is 3.37. The summed E-state index contributed by atoms with van der Waals surface area (Å²) in [6.07, 6.45) is 2.10. The molecule has 7 heteroatoms. The number of aromatic nitrogens is 2. The maximum atomic E-state index is 12.8. The summed E-state index contributed by atoms with van der Waals surface area (Å²) < 4.78 is 0. The molecule has 1 atom stereocenters. The Labute approximate surface area is 168 Å². The minimum absolute atomic E-state index is 0.0928. The van der Waals surface area contributed by atoms with Crippen molar-refractivity contribution in [1.29, 1.82) is 0 Å². The number of likely N-dealkylation sites (tertiary alicyclic amines) is 1. The Morgan fingerprint density at radius 1 is 1.25 bits per heavy atom. The Bertz CT molecular complexity index is 925. The molecule has 0 unspecified atom stereocenters. The van der Waals surface area contributed by atoms with E-state index in [1.807, 2.05) is 46.7 Å². The molecule has 1 aliphatic heterocycles. The number of hydrogen-bond acceptors (Lipinski definition) is 4. The van der Waals surface area contributed by atoms with Crippen molar-refractivity contribution in [2.24, 2.45) is 0 Å². The lowest BCUT2D eigenvalue weighted by atomic mass is 9.95. The van der Waals surface area contributed by atoms with Gasteiger partial charge in [0.1, 0.15) is 5.82 Å². The van der Waals surface area contributed by atoms with Gasteiger partial charge in [-0.25, -0.2) is 4.98 Å². The number of aromatic amines is 1. The van der Waals surface area contributed by atoms with Crippen LogP contribution < -0.4 is 5.32 Å². The zero-order chi connectivity index (χ0) is 19.5. The molecule has 4 rings (SSSR count). The number of amides is 2. The Balaban J connectivity index is 1.37. The van der Waals surface area contributed by atoms with E-state index >= 15 is 0 Å². The molecule has 0 saturated carbocycles. The number of carbonyl (C=O) groups is 2. The Kier molecular flexibility index (Phi) is 5.43. The van der Waals surface area contributed by atoms with E-state index in [0.29, 0.717) is 12.3 Å². The Hall–Kier alpha value is -2.67. The predicted octanol–water partition coefficient (Wildman–Crippen LogP) is 3.60. The molecular weight excluding hydrogens is 372 g/mol. The van der Waals surface area contributed by atoms with E-state index in [1.54, 1.807) is 11.3 Å². The molecule has 1 saturated heterocycles. The molecule has 0 bridgehead atoms. The molecule has 3 heterocycles. The van der Waals surface area contributed by atoms with E-state index in [0.717, 1.165) is 47.7 Å². The van der Waals surface area contributed by atoms with E-state index in [2.05, 4.69) is 10.3 Å². The van der Waals surface area contributed by atoms with Crippen LogP contribution in [0.2, 0.25) is 0 Å². The number of fused-ring (bicyclic) bond motifs is 1. The topological polar surface area (TPSA) is 78.1 Å². The van der Waals surface area contributed by atoms with Crippen molar-refractivity contribution in [3.05, 3.63) is 52.5 Å². The van der Waals surface area contributed by atoms with Gasteiger partial charge in [-0.1, -0.05) is 18.2 Å². The van der Waals surface area contributed by atoms with E-state index in [-0.39, 0.29) is 17.9 Å². The van der Waals surface area contributed by atoms with Crippen LogP contribution in [0.25, 0.3) is 11.0 Å². The molecule has 28 heavy (non-hydrogen) atoms. The fraction of sp³-hybridized carbons (Fsp3) is 0.381. The molecule has 146 valence electrons. The summed E-state index contributed by atoms with van der Waals surface area (Å²) in [6, 6.07) is 11.7. The number of nitrogens with zero attached hydrogens (tertiary/aromatic N) is 2. The van der Waals surface area contributed by atoms with Crippen molar-refractivity contribution in [3.63, 3.8) is 0 Å². The highest BCUT2D eigenvalue weighted by Crippen LogP contribution is 2.29. The lowest BCUT2D eigenvalue weighted by molar-refractivity contribution is -0.133. The summed E-state index contributed by atoms with van der Waals surface area (Å²) in [5.41, 5.74) is 2.05. The van der Waals surface area contributed by atoms with Crippen LogP contribution in [0.5, 0.6) is 0 Å². The van der Waals surface area contributed by atoms with Crippen molar-refractivity contribution in [2.45, 2.75) is 38.1 Å². The van der Waals surface area contributed by atoms with Gasteiger partial charge >= 0.3 is 0 Å². The van der Waals surface area contributed by atoms with Gasteiger partial charge in [0.05, 0.1) is 23.5 Å². The van der Waals surface area contributed by atoms with Crippen molar-refractivity contribution in [2.75, 3.05) is 13.1 Å². The smallest absolute Gasteiger partial charge is 0.225 e. The number of nitrogens with one attached hydrogen (secondary N) is 2. The fourth-order valence-electron chi connectivity index (χ4n) is 3.83. The number of piperidine rings is 1. The number of benzene rings is 1. The molecule has 2 amide bonds. The molecule has 2 N–H and O–H groups in total. The molecule has 6 nitrogen and oxygen atoms in total. The van der Waals surface area contributed by atoms with Crippen LogP contribution in [-0.4, -0.2) is 39.8 Å². The summed E-state index contributed by atoms with van der Waals surface area (Å²) in [6.45, 7) is 2.93. The van der Waals surface area contributed by atoms with E-state index in [4.69, 9.17) is 4.98 Å². The number of rotatable bonds is 5. The van der Waals surface area contributed by atoms with Crippen molar-refractivity contribution in [1.82, 2.24) is 20.2 Å². The van der Waals surface area contributed by atoms with E-state index in [9.17, 15) is 9.59 Å². The molecule has 1 fully saturated rings. The highest BCUT2D eigenvalue weighted by Gasteiger charge is 2.28. The lowest BCUT2D eigenvalue weighted by Gasteiger charge is -2.32. The quantitative estimate of drug-likeness (QED) is 0.692. The average molecular weight is 397 g/mol. The summed E-state index contributed by atoms with van der Waals surface area (Å²) in [5.74, 6) is 1.34. The normalized spacial score (nSPS) is 16.2. The van der Waals surface area contributed by atoms with Gasteiger partial charge in [-0.3, -0.25) is 9.59 Å². The SMILES string of the molecule is CC(=O)N[C@H](CC(=O)N1CCC(c2nc3ccccc3[nH]2)CC1)c1cccs1. The highest BCUT2D eigenvalue weighted by atomic mass is 32.1. The van der Waals surface area contributed by atoms with E-state index < -0.39 is 0 Å². The second-order valence-electron chi connectivity index (χ2n) is 7.27. The van der Waals surface area contributed by atoms with Gasteiger partial charge < -0.3 is 15.2 Å². The number of H-pyrrole nitrogens is 1. The van der Waals surface area contributed by atoms with E-state index in [1.165, 1.54) is 6.92 Å². The van der Waals surface area contributed by atoms with Crippen LogP contribution in [0.4, 0.5) is 0 Å².